The number of halogens is 1. The van der Waals surface area contributed by atoms with Gasteiger partial charge in [-0.05, 0) is 12.1 Å². The lowest BCUT2D eigenvalue weighted by Crippen LogP contribution is -2.36. The highest BCUT2D eigenvalue weighted by Crippen LogP contribution is 2.32. The predicted molar refractivity (Wildman–Crippen MR) is 75.7 cm³/mol. The minimum Gasteiger partial charge on any atom is -0.354 e. The van der Waals surface area contributed by atoms with Crippen LogP contribution in [0.2, 0.25) is 5.02 Å². The van der Waals surface area contributed by atoms with Crippen molar-refractivity contribution >= 4 is 23.4 Å². The molecular formula is C13H14ClN3O4. The van der Waals surface area contributed by atoms with Gasteiger partial charge >= 0.3 is 0 Å². The van der Waals surface area contributed by atoms with E-state index < -0.39 is 16.9 Å². The second-order valence-corrected chi connectivity index (χ2v) is 5.13. The second kappa shape index (κ2) is 6.53. The van der Waals surface area contributed by atoms with E-state index in [1.165, 1.54) is 0 Å². The Morgan fingerprint density at radius 3 is 2.57 bits per heavy atom. The number of rotatable bonds is 6. The molecule has 0 bridgehead atoms. The fourth-order valence-electron chi connectivity index (χ4n) is 1.93. The minimum atomic E-state index is -0.761. The van der Waals surface area contributed by atoms with Crippen LogP contribution < -0.4 is 10.6 Å². The molecule has 2 amide bonds. The van der Waals surface area contributed by atoms with Crippen molar-refractivity contribution < 1.29 is 14.5 Å². The smallest absolute Gasteiger partial charge is 0.252 e. The first-order valence-electron chi connectivity index (χ1n) is 6.44. The highest BCUT2D eigenvalue weighted by Gasteiger charge is 2.53. The van der Waals surface area contributed by atoms with Gasteiger partial charge in [0.1, 0.15) is 5.92 Å². The molecule has 0 saturated heterocycles. The first-order valence-corrected chi connectivity index (χ1v) is 6.82. The monoisotopic (exact) mass is 311 g/mol. The SMILES string of the molecule is O=C(NCCNC(=O)[C@H]1C[C@@H]1[N+](=O)[O-])c1ccccc1Cl. The third-order valence-corrected chi connectivity index (χ3v) is 3.52. The van der Waals surface area contributed by atoms with Crippen molar-refractivity contribution in [3.63, 3.8) is 0 Å². The molecule has 112 valence electrons. The van der Waals surface area contributed by atoms with Crippen molar-refractivity contribution in [3.8, 4) is 0 Å². The molecule has 1 aliphatic carbocycles. The Morgan fingerprint density at radius 2 is 1.95 bits per heavy atom. The number of nitro groups is 1. The molecule has 21 heavy (non-hydrogen) atoms. The third kappa shape index (κ3) is 3.91. The van der Waals surface area contributed by atoms with E-state index in [4.69, 9.17) is 11.6 Å². The summed E-state index contributed by atoms with van der Waals surface area (Å²) in [5.41, 5.74) is 0.362. The maximum absolute atomic E-state index is 11.8. The first-order chi connectivity index (χ1) is 10.0. The van der Waals surface area contributed by atoms with Crippen molar-refractivity contribution in [3.05, 3.63) is 45.0 Å². The first kappa shape index (κ1) is 15.2. The molecule has 0 radical (unpaired) electrons. The van der Waals surface area contributed by atoms with Crippen LogP contribution in [-0.2, 0) is 4.79 Å². The van der Waals surface area contributed by atoms with E-state index in [1.54, 1.807) is 24.3 Å². The molecule has 0 spiro atoms. The van der Waals surface area contributed by atoms with Gasteiger partial charge in [-0.15, -0.1) is 0 Å². The topological polar surface area (TPSA) is 101 Å². The average molecular weight is 312 g/mol. The van der Waals surface area contributed by atoms with Crippen LogP contribution in [0.1, 0.15) is 16.8 Å². The number of benzene rings is 1. The zero-order valence-corrected chi connectivity index (χ0v) is 11.8. The molecule has 0 aromatic heterocycles. The summed E-state index contributed by atoms with van der Waals surface area (Å²) in [7, 11) is 0. The van der Waals surface area contributed by atoms with Crippen LogP contribution >= 0.6 is 11.6 Å². The zero-order valence-electron chi connectivity index (χ0n) is 11.0. The molecule has 7 nitrogen and oxygen atoms in total. The predicted octanol–water partition coefficient (Wildman–Crippen LogP) is 0.851. The number of hydrogen-bond acceptors (Lipinski definition) is 4. The Labute approximate surface area is 125 Å². The highest BCUT2D eigenvalue weighted by molar-refractivity contribution is 6.33. The van der Waals surface area contributed by atoms with E-state index in [1.807, 2.05) is 0 Å². The maximum atomic E-state index is 11.8. The molecule has 0 unspecified atom stereocenters. The molecule has 2 atom stereocenters. The van der Waals surface area contributed by atoms with Gasteiger partial charge in [-0.3, -0.25) is 19.7 Å². The van der Waals surface area contributed by atoms with Crippen molar-refractivity contribution in [1.29, 1.82) is 0 Å². The lowest BCUT2D eigenvalue weighted by molar-refractivity contribution is -0.497. The summed E-state index contributed by atoms with van der Waals surface area (Å²) >= 11 is 5.88. The third-order valence-electron chi connectivity index (χ3n) is 3.19. The quantitative estimate of drug-likeness (QED) is 0.462. The summed E-state index contributed by atoms with van der Waals surface area (Å²) in [5.74, 6) is -1.22. The van der Waals surface area contributed by atoms with Gasteiger partial charge < -0.3 is 10.6 Å². The van der Waals surface area contributed by atoms with Gasteiger partial charge in [0.25, 0.3) is 5.91 Å². The van der Waals surface area contributed by atoms with Crippen LogP contribution in [0.3, 0.4) is 0 Å². The largest absolute Gasteiger partial charge is 0.354 e. The lowest BCUT2D eigenvalue weighted by atomic mass is 10.2. The second-order valence-electron chi connectivity index (χ2n) is 4.72. The van der Waals surface area contributed by atoms with E-state index >= 15 is 0 Å². The van der Waals surface area contributed by atoms with Crippen molar-refractivity contribution in [2.24, 2.45) is 5.92 Å². The number of nitrogens with one attached hydrogen (secondary N) is 2. The Kier molecular flexibility index (Phi) is 4.74. The minimum absolute atomic E-state index is 0.218. The van der Waals surface area contributed by atoms with Crippen LogP contribution in [0.25, 0.3) is 0 Å². The molecule has 1 aromatic rings. The molecule has 0 aliphatic heterocycles. The number of carbonyl (C=O) groups is 2. The van der Waals surface area contributed by atoms with Gasteiger partial charge in [-0.2, -0.15) is 0 Å². The Hall–Kier alpha value is -2.15. The van der Waals surface area contributed by atoms with Gasteiger partial charge in [0.15, 0.2) is 0 Å². The Bertz CT molecular complexity index is 578. The zero-order chi connectivity index (χ0) is 15.4. The number of nitrogens with zero attached hydrogens (tertiary/aromatic N) is 1. The van der Waals surface area contributed by atoms with E-state index in [2.05, 4.69) is 10.6 Å². The maximum Gasteiger partial charge on any atom is 0.252 e. The normalized spacial score (nSPS) is 19.7. The summed E-state index contributed by atoms with van der Waals surface area (Å²) in [6.45, 7) is 0.446. The summed E-state index contributed by atoms with van der Waals surface area (Å²) in [5, 5.41) is 16.0. The van der Waals surface area contributed by atoms with Crippen LogP contribution in [-0.4, -0.2) is 35.9 Å². The number of carbonyl (C=O) groups excluding carboxylic acids is 2. The van der Waals surface area contributed by atoms with Gasteiger partial charge in [0.05, 0.1) is 10.6 Å². The Morgan fingerprint density at radius 1 is 1.29 bits per heavy atom. The summed E-state index contributed by atoms with van der Waals surface area (Å²) in [4.78, 5) is 33.3. The summed E-state index contributed by atoms with van der Waals surface area (Å²) < 4.78 is 0. The van der Waals surface area contributed by atoms with Crippen molar-refractivity contribution in [2.45, 2.75) is 12.5 Å². The average Bonchev–Trinajstić information content (AvgIpc) is 3.24. The highest BCUT2D eigenvalue weighted by atomic mass is 35.5. The van der Waals surface area contributed by atoms with E-state index in [0.29, 0.717) is 10.6 Å². The van der Waals surface area contributed by atoms with Crippen LogP contribution in [0.4, 0.5) is 0 Å². The van der Waals surface area contributed by atoms with Crippen molar-refractivity contribution in [2.75, 3.05) is 13.1 Å². The summed E-state index contributed by atoms with van der Waals surface area (Å²) in [6, 6.07) is 5.88. The van der Waals surface area contributed by atoms with Gasteiger partial charge in [0, 0.05) is 24.4 Å². The molecule has 2 rings (SSSR count). The molecule has 0 heterocycles. The summed E-state index contributed by atoms with van der Waals surface area (Å²) in [6.07, 6.45) is 0.283. The van der Waals surface area contributed by atoms with Gasteiger partial charge in [-0.1, -0.05) is 23.7 Å². The molecule has 8 heteroatoms. The van der Waals surface area contributed by atoms with Gasteiger partial charge in [-0.25, -0.2) is 0 Å². The number of amides is 2. The molecule has 1 fully saturated rings. The van der Waals surface area contributed by atoms with Crippen molar-refractivity contribution in [1.82, 2.24) is 10.6 Å². The Balaban J connectivity index is 1.69. The van der Waals surface area contributed by atoms with E-state index in [0.717, 1.165) is 0 Å². The lowest BCUT2D eigenvalue weighted by Gasteiger charge is -2.07. The molecular weight excluding hydrogens is 298 g/mol. The molecule has 1 aliphatic rings. The van der Waals surface area contributed by atoms with E-state index in [-0.39, 0.29) is 31.3 Å². The fraction of sp³-hybridized carbons (Fsp3) is 0.385. The standard InChI is InChI=1S/C13H14ClN3O4/c14-10-4-2-1-3-8(10)12(18)15-5-6-16-13(19)9-7-11(9)17(20)21/h1-4,9,11H,5-7H2,(H,15,18)(H,16,19)/t9-,11-/m0/s1. The van der Waals surface area contributed by atoms with Gasteiger partial charge in [0.2, 0.25) is 11.9 Å². The molecule has 1 aromatic carbocycles. The molecule has 2 N–H and O–H groups in total. The fourth-order valence-corrected chi connectivity index (χ4v) is 2.15. The number of hydrogen-bond donors (Lipinski definition) is 2. The molecule has 1 saturated carbocycles. The van der Waals surface area contributed by atoms with E-state index in [9.17, 15) is 19.7 Å². The van der Waals surface area contributed by atoms with Crippen LogP contribution in [0.5, 0.6) is 0 Å². The van der Waals surface area contributed by atoms with Crippen LogP contribution in [0, 0.1) is 16.0 Å². The van der Waals surface area contributed by atoms with Crippen LogP contribution in [0.15, 0.2) is 24.3 Å².